The summed E-state index contributed by atoms with van der Waals surface area (Å²) in [5.74, 6) is -0.810. The molecule has 20 heavy (non-hydrogen) atoms. The van der Waals surface area contributed by atoms with Gasteiger partial charge in [-0.05, 0) is 44.4 Å². The minimum atomic E-state index is -0.880. The van der Waals surface area contributed by atoms with Crippen LogP contribution in [0.15, 0.2) is 42.5 Å². The second-order valence-corrected chi connectivity index (χ2v) is 5.89. The molecule has 0 fully saturated rings. The summed E-state index contributed by atoms with van der Waals surface area (Å²) in [6, 6.07) is 14.2. The lowest BCUT2D eigenvalue weighted by molar-refractivity contribution is -0.142. The van der Waals surface area contributed by atoms with Gasteiger partial charge in [-0.15, -0.1) is 0 Å². The van der Waals surface area contributed by atoms with Gasteiger partial charge in [-0.25, -0.2) is 0 Å². The molecule has 2 aromatic carbocycles. The van der Waals surface area contributed by atoms with Crippen molar-refractivity contribution in [2.45, 2.75) is 33.1 Å². The summed E-state index contributed by atoms with van der Waals surface area (Å²) in [5.41, 5.74) is 4.55. The molecule has 104 valence electrons. The molecule has 0 radical (unpaired) electrons. The molecule has 0 aliphatic rings. The normalized spacial score (nSPS) is 11.4. The van der Waals surface area contributed by atoms with Crippen LogP contribution in [0.4, 0.5) is 0 Å². The first-order chi connectivity index (χ1) is 9.30. The van der Waals surface area contributed by atoms with Gasteiger partial charge in [0.1, 0.15) is 0 Å². The van der Waals surface area contributed by atoms with Gasteiger partial charge in [-0.3, -0.25) is 4.79 Å². The lowest BCUT2D eigenvalue weighted by Gasteiger charge is -2.20. The molecule has 0 saturated heterocycles. The van der Waals surface area contributed by atoms with Gasteiger partial charge >= 0.3 is 5.97 Å². The summed E-state index contributed by atoms with van der Waals surface area (Å²) >= 11 is 0. The molecule has 0 atom stereocenters. The maximum absolute atomic E-state index is 11.4. The van der Waals surface area contributed by atoms with Gasteiger partial charge in [0.25, 0.3) is 0 Å². The van der Waals surface area contributed by atoms with E-state index in [4.69, 9.17) is 0 Å². The number of hydrogen-bond acceptors (Lipinski definition) is 1. The van der Waals surface area contributed by atoms with Crippen molar-refractivity contribution in [2.24, 2.45) is 0 Å². The molecule has 0 aliphatic carbocycles. The molecule has 0 bridgehead atoms. The number of carboxylic acids is 1. The molecule has 0 unspecified atom stereocenters. The second-order valence-electron chi connectivity index (χ2n) is 5.89. The van der Waals surface area contributed by atoms with Gasteiger partial charge < -0.3 is 5.11 Å². The van der Waals surface area contributed by atoms with Gasteiger partial charge in [0.2, 0.25) is 0 Å². The van der Waals surface area contributed by atoms with Crippen LogP contribution in [0.1, 0.15) is 30.5 Å². The Labute approximate surface area is 120 Å². The number of carbonyl (C=O) groups is 1. The highest BCUT2D eigenvalue weighted by atomic mass is 16.4. The molecule has 0 heterocycles. The van der Waals surface area contributed by atoms with Crippen molar-refractivity contribution in [3.8, 4) is 11.1 Å². The highest BCUT2D eigenvalue weighted by molar-refractivity contribution is 5.81. The number of aliphatic carboxylic acids is 1. The zero-order valence-corrected chi connectivity index (χ0v) is 12.4. The van der Waals surface area contributed by atoms with Crippen LogP contribution in [0, 0.1) is 13.8 Å². The second kappa shape index (κ2) is 5.12. The van der Waals surface area contributed by atoms with Crippen molar-refractivity contribution in [3.63, 3.8) is 0 Å². The fraction of sp³-hybridized carbons (Fsp3) is 0.278. The number of hydrogen-bond donors (Lipinski definition) is 1. The van der Waals surface area contributed by atoms with E-state index in [1.54, 1.807) is 13.8 Å². The molecule has 2 heteroatoms. The topological polar surface area (TPSA) is 37.3 Å². The van der Waals surface area contributed by atoms with Crippen LogP contribution in [0.2, 0.25) is 0 Å². The lowest BCUT2D eigenvalue weighted by Crippen LogP contribution is -2.28. The average Bonchev–Trinajstić information content (AvgIpc) is 2.37. The number of aryl methyl sites for hydroxylation is 2. The highest BCUT2D eigenvalue weighted by Crippen LogP contribution is 2.29. The van der Waals surface area contributed by atoms with E-state index in [-0.39, 0.29) is 0 Å². The summed E-state index contributed by atoms with van der Waals surface area (Å²) in [6.45, 7) is 7.61. The van der Waals surface area contributed by atoms with Crippen LogP contribution in [0.3, 0.4) is 0 Å². The molecule has 0 spiro atoms. The van der Waals surface area contributed by atoms with Crippen LogP contribution >= 0.6 is 0 Å². The van der Waals surface area contributed by atoms with E-state index in [0.29, 0.717) is 0 Å². The zero-order valence-electron chi connectivity index (χ0n) is 12.4. The molecule has 2 rings (SSSR count). The highest BCUT2D eigenvalue weighted by Gasteiger charge is 2.29. The summed E-state index contributed by atoms with van der Waals surface area (Å²) in [4.78, 5) is 11.4. The summed E-state index contributed by atoms with van der Waals surface area (Å²) in [7, 11) is 0. The Balaban J connectivity index is 2.52. The van der Waals surface area contributed by atoms with Crippen LogP contribution in [-0.2, 0) is 10.2 Å². The van der Waals surface area contributed by atoms with E-state index in [9.17, 15) is 9.90 Å². The Morgan fingerprint density at radius 3 is 2.10 bits per heavy atom. The standard InChI is InChI=1S/C18H20O2/c1-12-8-13(2)10-15(9-12)14-6-5-7-16(11-14)18(3,4)17(19)20/h5-11H,1-4H3,(H,19,20). The summed E-state index contributed by atoms with van der Waals surface area (Å²) in [5, 5.41) is 9.34. The van der Waals surface area contributed by atoms with Gasteiger partial charge in [-0.2, -0.15) is 0 Å². The van der Waals surface area contributed by atoms with Crippen molar-refractivity contribution in [3.05, 3.63) is 59.2 Å². The van der Waals surface area contributed by atoms with E-state index in [1.807, 2.05) is 24.3 Å². The van der Waals surface area contributed by atoms with Crippen molar-refractivity contribution >= 4 is 5.97 Å². The fourth-order valence-electron chi connectivity index (χ4n) is 2.35. The molecule has 0 saturated carbocycles. The van der Waals surface area contributed by atoms with E-state index in [1.165, 1.54) is 11.1 Å². The third-order valence-corrected chi connectivity index (χ3v) is 3.67. The Hall–Kier alpha value is -2.09. The largest absolute Gasteiger partial charge is 0.481 e. The average molecular weight is 268 g/mol. The maximum Gasteiger partial charge on any atom is 0.313 e. The molecular weight excluding hydrogens is 248 g/mol. The summed E-state index contributed by atoms with van der Waals surface area (Å²) in [6.07, 6.45) is 0. The van der Waals surface area contributed by atoms with E-state index in [0.717, 1.165) is 16.7 Å². The van der Waals surface area contributed by atoms with E-state index < -0.39 is 11.4 Å². The smallest absolute Gasteiger partial charge is 0.313 e. The SMILES string of the molecule is Cc1cc(C)cc(-c2cccc(C(C)(C)C(=O)O)c2)c1. The van der Waals surface area contributed by atoms with Crippen LogP contribution < -0.4 is 0 Å². The number of benzene rings is 2. The van der Waals surface area contributed by atoms with Crippen LogP contribution in [-0.4, -0.2) is 11.1 Å². The van der Waals surface area contributed by atoms with Crippen molar-refractivity contribution in [1.29, 1.82) is 0 Å². The predicted molar refractivity (Wildman–Crippen MR) is 82.0 cm³/mol. The van der Waals surface area contributed by atoms with Gasteiger partial charge in [-0.1, -0.05) is 53.6 Å². The van der Waals surface area contributed by atoms with Gasteiger partial charge in [0.05, 0.1) is 5.41 Å². The van der Waals surface area contributed by atoms with E-state index in [2.05, 4.69) is 32.0 Å². The Morgan fingerprint density at radius 2 is 1.55 bits per heavy atom. The minimum Gasteiger partial charge on any atom is -0.481 e. The first-order valence-electron chi connectivity index (χ1n) is 6.73. The third kappa shape index (κ3) is 2.74. The molecule has 1 N–H and O–H groups in total. The molecular formula is C18H20O2. The Bertz CT molecular complexity index is 634. The molecule has 2 aromatic rings. The van der Waals surface area contributed by atoms with Gasteiger partial charge in [0.15, 0.2) is 0 Å². The molecule has 0 aliphatic heterocycles. The number of carboxylic acid groups (broad SMARTS) is 1. The fourth-order valence-corrected chi connectivity index (χ4v) is 2.35. The van der Waals surface area contributed by atoms with Gasteiger partial charge in [0, 0.05) is 0 Å². The zero-order chi connectivity index (χ0) is 14.9. The lowest BCUT2D eigenvalue weighted by atomic mass is 9.83. The van der Waals surface area contributed by atoms with Crippen molar-refractivity contribution in [2.75, 3.05) is 0 Å². The monoisotopic (exact) mass is 268 g/mol. The van der Waals surface area contributed by atoms with Crippen molar-refractivity contribution < 1.29 is 9.90 Å². The summed E-state index contributed by atoms with van der Waals surface area (Å²) < 4.78 is 0. The van der Waals surface area contributed by atoms with Crippen molar-refractivity contribution in [1.82, 2.24) is 0 Å². The first kappa shape index (κ1) is 14.3. The molecule has 0 aromatic heterocycles. The first-order valence-corrected chi connectivity index (χ1v) is 6.73. The molecule has 2 nitrogen and oxygen atoms in total. The minimum absolute atomic E-state index is 0.810. The maximum atomic E-state index is 11.4. The molecule has 0 amide bonds. The van der Waals surface area contributed by atoms with Crippen LogP contribution in [0.5, 0.6) is 0 Å². The third-order valence-electron chi connectivity index (χ3n) is 3.67. The Morgan fingerprint density at radius 1 is 0.950 bits per heavy atom. The predicted octanol–water partition coefficient (Wildman–Crippen LogP) is 4.33. The van der Waals surface area contributed by atoms with E-state index >= 15 is 0 Å². The Kier molecular flexibility index (Phi) is 3.67. The number of rotatable bonds is 3. The van der Waals surface area contributed by atoms with Crippen LogP contribution in [0.25, 0.3) is 11.1 Å². The quantitative estimate of drug-likeness (QED) is 0.899.